The van der Waals surface area contributed by atoms with Gasteiger partial charge in [0, 0.05) is 19.1 Å². The molecular weight excluding hydrogens is 256 g/mol. The lowest BCUT2D eigenvalue weighted by Gasteiger charge is -2.38. The van der Waals surface area contributed by atoms with E-state index in [9.17, 15) is 0 Å². The fourth-order valence-electron chi connectivity index (χ4n) is 3.73. The predicted octanol–water partition coefficient (Wildman–Crippen LogP) is 3.83. The van der Waals surface area contributed by atoms with Crippen molar-refractivity contribution in [3.63, 3.8) is 0 Å². The lowest BCUT2D eigenvalue weighted by Crippen LogP contribution is -2.42. The maximum absolute atomic E-state index is 6.38. The van der Waals surface area contributed by atoms with E-state index >= 15 is 0 Å². The Hall–Kier alpha value is -0.860. The Kier molecular flexibility index (Phi) is 5.83. The van der Waals surface area contributed by atoms with Gasteiger partial charge in [-0.05, 0) is 56.6 Å². The van der Waals surface area contributed by atoms with Crippen molar-refractivity contribution in [1.29, 1.82) is 0 Å². The zero-order chi connectivity index (χ0) is 15.4. The molecule has 2 rings (SSSR count). The highest BCUT2D eigenvalue weighted by Crippen LogP contribution is 2.33. The molecule has 0 radical (unpaired) electrons. The molecule has 3 atom stereocenters. The average Bonchev–Trinajstić information content (AvgIpc) is 2.41. The molecule has 1 aromatic rings. The van der Waals surface area contributed by atoms with Gasteiger partial charge in [-0.2, -0.15) is 0 Å². The lowest BCUT2D eigenvalue weighted by molar-refractivity contribution is 0.147. The van der Waals surface area contributed by atoms with Crippen molar-refractivity contribution < 1.29 is 0 Å². The van der Waals surface area contributed by atoms with Gasteiger partial charge >= 0.3 is 0 Å². The van der Waals surface area contributed by atoms with Gasteiger partial charge in [-0.25, -0.2) is 0 Å². The van der Waals surface area contributed by atoms with Crippen molar-refractivity contribution in [2.24, 2.45) is 23.5 Å². The predicted molar refractivity (Wildman–Crippen MR) is 91.2 cm³/mol. The molecule has 0 aliphatic heterocycles. The normalized spacial score (nSPS) is 26.5. The van der Waals surface area contributed by atoms with Crippen LogP contribution in [0.3, 0.4) is 0 Å². The van der Waals surface area contributed by atoms with Gasteiger partial charge in [0.15, 0.2) is 0 Å². The molecule has 2 N–H and O–H groups in total. The van der Waals surface area contributed by atoms with Crippen LogP contribution in [0.25, 0.3) is 0 Å². The van der Waals surface area contributed by atoms with Crippen LogP contribution < -0.4 is 5.73 Å². The van der Waals surface area contributed by atoms with Gasteiger partial charge in [0.2, 0.25) is 0 Å². The van der Waals surface area contributed by atoms with E-state index in [1.165, 1.54) is 30.4 Å². The molecule has 1 aliphatic carbocycles. The van der Waals surface area contributed by atoms with E-state index in [0.29, 0.717) is 12.0 Å². The van der Waals surface area contributed by atoms with Crippen LogP contribution >= 0.6 is 0 Å². The van der Waals surface area contributed by atoms with Gasteiger partial charge in [-0.1, -0.05) is 43.7 Å². The van der Waals surface area contributed by atoms with E-state index in [1.807, 2.05) is 0 Å². The molecule has 2 heteroatoms. The minimum Gasteiger partial charge on any atom is -0.327 e. The maximum atomic E-state index is 6.38. The third kappa shape index (κ3) is 4.82. The van der Waals surface area contributed by atoms with Crippen molar-refractivity contribution in [3.8, 4) is 0 Å². The van der Waals surface area contributed by atoms with Crippen LogP contribution in [-0.4, -0.2) is 24.5 Å². The fraction of sp³-hybridized carbons (Fsp3) is 0.684. The van der Waals surface area contributed by atoms with Crippen molar-refractivity contribution in [2.45, 2.75) is 52.6 Å². The SMILES string of the molecule is Cc1cccc(CN(C)CC2CC(C(C)C)CCC2N)c1. The Labute approximate surface area is 130 Å². The van der Waals surface area contributed by atoms with Crippen LogP contribution in [-0.2, 0) is 6.54 Å². The summed E-state index contributed by atoms with van der Waals surface area (Å²) in [4.78, 5) is 2.45. The quantitative estimate of drug-likeness (QED) is 0.892. The second-order valence-electron chi connectivity index (χ2n) is 7.43. The minimum atomic E-state index is 0.389. The number of nitrogens with two attached hydrogens (primary N) is 1. The van der Waals surface area contributed by atoms with Crippen LogP contribution in [0, 0.1) is 24.7 Å². The summed E-state index contributed by atoms with van der Waals surface area (Å²) in [6.07, 6.45) is 3.82. The van der Waals surface area contributed by atoms with Gasteiger partial charge in [-0.15, -0.1) is 0 Å². The summed E-state index contributed by atoms with van der Waals surface area (Å²) in [5, 5.41) is 0. The number of aryl methyl sites for hydroxylation is 1. The first-order valence-electron chi connectivity index (χ1n) is 8.45. The molecule has 0 aromatic heterocycles. The van der Waals surface area contributed by atoms with Crippen molar-refractivity contribution >= 4 is 0 Å². The van der Waals surface area contributed by atoms with Gasteiger partial charge in [0.1, 0.15) is 0 Å². The zero-order valence-electron chi connectivity index (χ0n) is 14.2. The number of rotatable bonds is 5. The summed E-state index contributed by atoms with van der Waals surface area (Å²) >= 11 is 0. The first kappa shape index (κ1) is 16.5. The van der Waals surface area contributed by atoms with E-state index in [4.69, 9.17) is 5.73 Å². The summed E-state index contributed by atoms with van der Waals surface area (Å²) in [5.74, 6) is 2.31. The van der Waals surface area contributed by atoms with E-state index in [0.717, 1.165) is 24.9 Å². The lowest BCUT2D eigenvalue weighted by atomic mass is 9.74. The van der Waals surface area contributed by atoms with Crippen LogP contribution in [0.4, 0.5) is 0 Å². The highest BCUT2D eigenvalue weighted by atomic mass is 15.1. The summed E-state index contributed by atoms with van der Waals surface area (Å²) in [6.45, 7) is 9.02. The van der Waals surface area contributed by atoms with Crippen molar-refractivity contribution in [2.75, 3.05) is 13.6 Å². The fourth-order valence-corrected chi connectivity index (χ4v) is 3.73. The van der Waals surface area contributed by atoms with E-state index in [-0.39, 0.29) is 0 Å². The maximum Gasteiger partial charge on any atom is 0.0230 e. The molecule has 1 aromatic carbocycles. The first-order chi connectivity index (χ1) is 9.95. The smallest absolute Gasteiger partial charge is 0.0230 e. The minimum absolute atomic E-state index is 0.389. The third-order valence-corrected chi connectivity index (χ3v) is 5.11. The molecule has 0 amide bonds. The number of nitrogens with zero attached hydrogens (tertiary/aromatic N) is 1. The molecule has 118 valence electrons. The van der Waals surface area contributed by atoms with Crippen molar-refractivity contribution in [3.05, 3.63) is 35.4 Å². The summed E-state index contributed by atoms with van der Waals surface area (Å²) < 4.78 is 0. The monoisotopic (exact) mass is 288 g/mol. The first-order valence-corrected chi connectivity index (χ1v) is 8.45. The molecule has 1 fully saturated rings. The number of benzene rings is 1. The number of hydrogen-bond acceptors (Lipinski definition) is 2. The zero-order valence-corrected chi connectivity index (χ0v) is 14.2. The van der Waals surface area contributed by atoms with Gasteiger partial charge < -0.3 is 10.6 Å². The van der Waals surface area contributed by atoms with Crippen LogP contribution in [0.2, 0.25) is 0 Å². The molecule has 2 nitrogen and oxygen atoms in total. The molecule has 0 spiro atoms. The number of hydrogen-bond donors (Lipinski definition) is 1. The summed E-state index contributed by atoms with van der Waals surface area (Å²) in [6, 6.07) is 9.21. The Morgan fingerprint density at radius 2 is 2.05 bits per heavy atom. The standard InChI is InChI=1S/C19H32N2/c1-14(2)17-8-9-19(20)18(11-17)13-21(4)12-16-7-5-6-15(3)10-16/h5-7,10,14,17-19H,8-9,11-13,20H2,1-4H3. The van der Waals surface area contributed by atoms with E-state index in [1.54, 1.807) is 0 Å². The second-order valence-corrected chi connectivity index (χ2v) is 7.43. The van der Waals surface area contributed by atoms with Crippen LogP contribution in [0.5, 0.6) is 0 Å². The van der Waals surface area contributed by atoms with Gasteiger partial charge in [0.25, 0.3) is 0 Å². The Morgan fingerprint density at radius 3 is 2.71 bits per heavy atom. The Morgan fingerprint density at radius 1 is 1.29 bits per heavy atom. The topological polar surface area (TPSA) is 29.3 Å². The van der Waals surface area contributed by atoms with Gasteiger partial charge in [-0.3, -0.25) is 0 Å². The molecular formula is C19H32N2. The molecule has 1 saturated carbocycles. The molecule has 1 aliphatic rings. The second kappa shape index (κ2) is 7.42. The molecule has 3 unspecified atom stereocenters. The van der Waals surface area contributed by atoms with Crippen LogP contribution in [0.1, 0.15) is 44.2 Å². The van der Waals surface area contributed by atoms with E-state index < -0.39 is 0 Å². The molecule has 0 heterocycles. The Balaban J connectivity index is 1.90. The Bertz CT molecular complexity index is 441. The summed E-state index contributed by atoms with van der Waals surface area (Å²) in [5.41, 5.74) is 9.13. The van der Waals surface area contributed by atoms with Crippen LogP contribution in [0.15, 0.2) is 24.3 Å². The van der Waals surface area contributed by atoms with E-state index in [2.05, 4.69) is 57.0 Å². The molecule has 0 bridgehead atoms. The van der Waals surface area contributed by atoms with Crippen molar-refractivity contribution in [1.82, 2.24) is 4.90 Å². The average molecular weight is 288 g/mol. The molecule has 21 heavy (non-hydrogen) atoms. The highest BCUT2D eigenvalue weighted by molar-refractivity contribution is 5.22. The largest absolute Gasteiger partial charge is 0.327 e. The summed E-state index contributed by atoms with van der Waals surface area (Å²) in [7, 11) is 2.23. The third-order valence-electron chi connectivity index (χ3n) is 5.11. The molecule has 0 saturated heterocycles. The van der Waals surface area contributed by atoms with Gasteiger partial charge in [0.05, 0.1) is 0 Å². The highest BCUT2D eigenvalue weighted by Gasteiger charge is 2.30.